The average molecular weight is 276 g/mol. The molecule has 5 nitrogen and oxygen atoms in total. The van der Waals surface area contributed by atoms with Crippen LogP contribution in [0.15, 0.2) is 23.5 Å². The summed E-state index contributed by atoms with van der Waals surface area (Å²) in [6.45, 7) is 8.74. The summed E-state index contributed by atoms with van der Waals surface area (Å²) < 4.78 is 0. The number of amidine groups is 1. The lowest BCUT2D eigenvalue weighted by Gasteiger charge is -2.41. The standard InChI is InChI=1S/C15H24N4O/c1-10-7-11(2)12(3)19(8-10)9-13-5-4-6-17-14(13)15(16)18-20/h4-6,10-12,20H,7-9H2,1-3H3,(H2,16,18). The molecular formula is C15H24N4O. The van der Waals surface area contributed by atoms with Gasteiger partial charge < -0.3 is 10.9 Å². The van der Waals surface area contributed by atoms with Crippen molar-refractivity contribution in [3.05, 3.63) is 29.6 Å². The minimum Gasteiger partial charge on any atom is -0.409 e. The Morgan fingerprint density at radius 2 is 2.25 bits per heavy atom. The molecule has 0 saturated carbocycles. The lowest BCUT2D eigenvalue weighted by atomic mass is 9.85. The molecule has 1 aliphatic rings. The van der Waals surface area contributed by atoms with Gasteiger partial charge in [-0.15, -0.1) is 0 Å². The number of oxime groups is 1. The third kappa shape index (κ3) is 3.10. The fourth-order valence-corrected chi connectivity index (χ4v) is 3.10. The molecule has 1 aliphatic heterocycles. The SMILES string of the molecule is CC1CC(C)C(C)N(Cc2cccnc2/C(N)=N/O)C1. The molecule has 3 atom stereocenters. The normalized spacial score (nSPS) is 28.6. The van der Waals surface area contributed by atoms with Crippen molar-refractivity contribution < 1.29 is 5.21 Å². The van der Waals surface area contributed by atoms with Crippen LogP contribution in [0.25, 0.3) is 0 Å². The minimum absolute atomic E-state index is 0.0753. The second kappa shape index (κ2) is 6.22. The van der Waals surface area contributed by atoms with Gasteiger partial charge >= 0.3 is 0 Å². The summed E-state index contributed by atoms with van der Waals surface area (Å²) in [5.74, 6) is 1.46. The predicted molar refractivity (Wildman–Crippen MR) is 79.6 cm³/mol. The second-order valence-corrected chi connectivity index (χ2v) is 5.98. The summed E-state index contributed by atoms with van der Waals surface area (Å²) >= 11 is 0. The monoisotopic (exact) mass is 276 g/mol. The number of aromatic nitrogens is 1. The highest BCUT2D eigenvalue weighted by Crippen LogP contribution is 2.28. The largest absolute Gasteiger partial charge is 0.409 e. The molecule has 110 valence electrons. The molecule has 0 aromatic carbocycles. The lowest BCUT2D eigenvalue weighted by molar-refractivity contribution is 0.0728. The number of piperidine rings is 1. The van der Waals surface area contributed by atoms with E-state index < -0.39 is 0 Å². The van der Waals surface area contributed by atoms with E-state index >= 15 is 0 Å². The van der Waals surface area contributed by atoms with Crippen LogP contribution in [-0.4, -0.2) is 33.5 Å². The Hall–Kier alpha value is -1.62. The zero-order valence-corrected chi connectivity index (χ0v) is 12.5. The molecule has 20 heavy (non-hydrogen) atoms. The fourth-order valence-electron chi connectivity index (χ4n) is 3.10. The van der Waals surface area contributed by atoms with E-state index in [9.17, 15) is 0 Å². The van der Waals surface area contributed by atoms with Crippen molar-refractivity contribution >= 4 is 5.84 Å². The predicted octanol–water partition coefficient (Wildman–Crippen LogP) is 2.04. The number of rotatable bonds is 3. The van der Waals surface area contributed by atoms with Crippen LogP contribution in [0, 0.1) is 11.8 Å². The summed E-state index contributed by atoms with van der Waals surface area (Å²) in [5, 5.41) is 11.9. The van der Waals surface area contributed by atoms with Crippen LogP contribution in [0.3, 0.4) is 0 Å². The van der Waals surface area contributed by atoms with Gasteiger partial charge in [-0.1, -0.05) is 25.1 Å². The average Bonchev–Trinajstić information content (AvgIpc) is 2.44. The number of hydrogen-bond acceptors (Lipinski definition) is 4. The molecular weight excluding hydrogens is 252 g/mol. The maximum atomic E-state index is 8.86. The molecule has 3 unspecified atom stereocenters. The number of likely N-dealkylation sites (tertiary alicyclic amines) is 1. The van der Waals surface area contributed by atoms with Crippen LogP contribution >= 0.6 is 0 Å². The van der Waals surface area contributed by atoms with E-state index in [2.05, 4.69) is 35.8 Å². The Labute approximate surface area is 120 Å². The van der Waals surface area contributed by atoms with E-state index in [1.54, 1.807) is 6.20 Å². The van der Waals surface area contributed by atoms with Crippen LogP contribution < -0.4 is 5.73 Å². The topological polar surface area (TPSA) is 74.7 Å². The molecule has 2 heterocycles. The molecule has 5 heteroatoms. The molecule has 0 bridgehead atoms. The van der Waals surface area contributed by atoms with Gasteiger partial charge in [-0.3, -0.25) is 9.88 Å². The van der Waals surface area contributed by atoms with Crippen LogP contribution in [-0.2, 0) is 6.54 Å². The first kappa shape index (κ1) is 14.8. The lowest BCUT2D eigenvalue weighted by Crippen LogP contribution is -2.45. The number of nitrogens with zero attached hydrogens (tertiary/aromatic N) is 3. The maximum absolute atomic E-state index is 8.86. The highest BCUT2D eigenvalue weighted by molar-refractivity contribution is 5.96. The quantitative estimate of drug-likeness (QED) is 0.383. The van der Waals surface area contributed by atoms with Gasteiger partial charge in [-0.05, 0) is 36.8 Å². The van der Waals surface area contributed by atoms with Gasteiger partial charge in [-0.2, -0.15) is 0 Å². The summed E-state index contributed by atoms with van der Waals surface area (Å²) in [4.78, 5) is 6.70. The van der Waals surface area contributed by atoms with Crippen molar-refractivity contribution in [3.63, 3.8) is 0 Å². The van der Waals surface area contributed by atoms with Gasteiger partial charge in [-0.25, -0.2) is 0 Å². The summed E-state index contributed by atoms with van der Waals surface area (Å²) in [6.07, 6.45) is 2.94. The third-order valence-corrected chi connectivity index (χ3v) is 4.33. The Kier molecular flexibility index (Phi) is 4.60. The fraction of sp³-hybridized carbons (Fsp3) is 0.600. The van der Waals surface area contributed by atoms with E-state index in [0.717, 1.165) is 18.7 Å². The van der Waals surface area contributed by atoms with Crippen LogP contribution in [0.1, 0.15) is 38.4 Å². The van der Waals surface area contributed by atoms with Crippen LogP contribution in [0.5, 0.6) is 0 Å². The summed E-state index contributed by atoms with van der Waals surface area (Å²) in [7, 11) is 0. The molecule has 1 fully saturated rings. The molecule has 3 N–H and O–H groups in total. The molecule has 0 aliphatic carbocycles. The summed E-state index contributed by atoms with van der Waals surface area (Å²) in [6, 6.07) is 4.42. The van der Waals surface area contributed by atoms with Crippen molar-refractivity contribution in [1.82, 2.24) is 9.88 Å². The number of nitrogens with two attached hydrogens (primary N) is 1. The highest BCUT2D eigenvalue weighted by Gasteiger charge is 2.29. The first-order valence-electron chi connectivity index (χ1n) is 7.18. The van der Waals surface area contributed by atoms with Gasteiger partial charge in [0.25, 0.3) is 0 Å². The Bertz CT molecular complexity index is 489. The van der Waals surface area contributed by atoms with Gasteiger partial charge in [0.1, 0.15) is 5.69 Å². The van der Waals surface area contributed by atoms with Gasteiger partial charge in [0, 0.05) is 25.3 Å². The van der Waals surface area contributed by atoms with Crippen molar-refractivity contribution in [2.45, 2.75) is 39.8 Å². The van der Waals surface area contributed by atoms with Crippen molar-refractivity contribution in [1.29, 1.82) is 0 Å². The Morgan fingerprint density at radius 3 is 2.95 bits per heavy atom. The first-order chi connectivity index (χ1) is 9.52. The molecule has 0 amide bonds. The minimum atomic E-state index is 0.0753. The molecule has 1 saturated heterocycles. The highest BCUT2D eigenvalue weighted by atomic mass is 16.4. The number of hydrogen-bond donors (Lipinski definition) is 2. The van der Waals surface area contributed by atoms with Crippen molar-refractivity contribution in [2.75, 3.05) is 6.54 Å². The molecule has 1 aromatic rings. The van der Waals surface area contributed by atoms with E-state index in [0.29, 0.717) is 23.6 Å². The Morgan fingerprint density at radius 1 is 1.50 bits per heavy atom. The van der Waals surface area contributed by atoms with Crippen LogP contribution in [0.2, 0.25) is 0 Å². The van der Waals surface area contributed by atoms with Crippen molar-refractivity contribution in [2.24, 2.45) is 22.7 Å². The van der Waals surface area contributed by atoms with Gasteiger partial charge in [0.05, 0.1) is 0 Å². The molecule has 1 aromatic heterocycles. The zero-order valence-electron chi connectivity index (χ0n) is 12.5. The molecule has 2 rings (SSSR count). The van der Waals surface area contributed by atoms with E-state index in [1.807, 2.05) is 12.1 Å². The molecule has 0 radical (unpaired) electrons. The molecule has 0 spiro atoms. The zero-order chi connectivity index (χ0) is 14.7. The summed E-state index contributed by atoms with van der Waals surface area (Å²) in [5.41, 5.74) is 7.30. The van der Waals surface area contributed by atoms with E-state index in [1.165, 1.54) is 6.42 Å². The first-order valence-corrected chi connectivity index (χ1v) is 7.18. The van der Waals surface area contributed by atoms with Crippen LogP contribution in [0.4, 0.5) is 0 Å². The van der Waals surface area contributed by atoms with E-state index in [4.69, 9.17) is 10.9 Å². The van der Waals surface area contributed by atoms with E-state index in [-0.39, 0.29) is 5.84 Å². The third-order valence-electron chi connectivity index (χ3n) is 4.33. The number of pyridine rings is 1. The van der Waals surface area contributed by atoms with Gasteiger partial charge in [0.2, 0.25) is 0 Å². The smallest absolute Gasteiger partial charge is 0.189 e. The van der Waals surface area contributed by atoms with Crippen molar-refractivity contribution in [3.8, 4) is 0 Å². The van der Waals surface area contributed by atoms with Gasteiger partial charge in [0.15, 0.2) is 5.84 Å². The Balaban J connectivity index is 2.21. The maximum Gasteiger partial charge on any atom is 0.189 e. The second-order valence-electron chi connectivity index (χ2n) is 5.98.